The third-order valence-electron chi connectivity index (χ3n) is 4.58. The number of para-hydroxylation sites is 1. The molecule has 0 fully saturated rings. The maximum Gasteiger partial charge on any atom is 0.283 e. The van der Waals surface area contributed by atoms with Gasteiger partial charge < -0.3 is 4.74 Å². The molecule has 5 rings (SSSR count). The minimum absolute atomic E-state index is 0.239. The second kappa shape index (κ2) is 6.59. The van der Waals surface area contributed by atoms with E-state index in [4.69, 9.17) is 16.3 Å². The van der Waals surface area contributed by atoms with Gasteiger partial charge in [0.15, 0.2) is 0 Å². The summed E-state index contributed by atoms with van der Waals surface area (Å²) in [5.74, 6) is 0.488. The molecule has 0 saturated heterocycles. The van der Waals surface area contributed by atoms with Gasteiger partial charge in [-0.05, 0) is 30.3 Å². The SMILES string of the molecule is O=C1N=C(c2ccccc2)c2cc(Cl)ccc2N=C2Oc3ccccc3C=C12. The summed E-state index contributed by atoms with van der Waals surface area (Å²) in [6, 6.07) is 22.4. The summed E-state index contributed by atoms with van der Waals surface area (Å²) >= 11 is 6.23. The molecule has 1 amide bonds. The summed E-state index contributed by atoms with van der Waals surface area (Å²) in [7, 11) is 0. The zero-order chi connectivity index (χ0) is 19.1. The van der Waals surface area contributed by atoms with E-state index in [2.05, 4.69) is 9.98 Å². The van der Waals surface area contributed by atoms with Crippen LogP contribution in [0.25, 0.3) is 6.08 Å². The number of amides is 1. The highest BCUT2D eigenvalue weighted by molar-refractivity contribution is 6.33. The molecule has 0 N–H and O–H groups in total. The minimum atomic E-state index is -0.405. The van der Waals surface area contributed by atoms with E-state index >= 15 is 0 Å². The molecule has 0 radical (unpaired) electrons. The van der Waals surface area contributed by atoms with Gasteiger partial charge in [-0.3, -0.25) is 4.79 Å². The Kier molecular flexibility index (Phi) is 3.92. The Morgan fingerprint density at radius 1 is 0.857 bits per heavy atom. The summed E-state index contributed by atoms with van der Waals surface area (Å²) in [4.78, 5) is 22.1. The molecule has 3 aromatic rings. The van der Waals surface area contributed by atoms with Gasteiger partial charge in [-0.15, -0.1) is 0 Å². The van der Waals surface area contributed by atoms with Crippen LogP contribution in [0.15, 0.2) is 88.4 Å². The third kappa shape index (κ3) is 2.84. The number of rotatable bonds is 1. The Morgan fingerprint density at radius 2 is 1.64 bits per heavy atom. The quantitative estimate of drug-likeness (QED) is 0.577. The topological polar surface area (TPSA) is 51.0 Å². The van der Waals surface area contributed by atoms with Gasteiger partial charge in [0, 0.05) is 21.7 Å². The van der Waals surface area contributed by atoms with Gasteiger partial charge in [-0.1, -0.05) is 60.1 Å². The van der Waals surface area contributed by atoms with Gasteiger partial charge in [0.25, 0.3) is 5.91 Å². The van der Waals surface area contributed by atoms with E-state index in [0.717, 1.165) is 11.1 Å². The maximum absolute atomic E-state index is 13.0. The Balaban J connectivity index is 1.78. The number of benzene rings is 3. The molecule has 0 aliphatic carbocycles. The summed E-state index contributed by atoms with van der Waals surface area (Å²) in [6.07, 6.45) is 1.77. The van der Waals surface area contributed by atoms with Crippen LogP contribution >= 0.6 is 11.6 Å². The summed E-state index contributed by atoms with van der Waals surface area (Å²) in [5.41, 5.74) is 3.81. The molecule has 5 heteroatoms. The fraction of sp³-hybridized carbons (Fsp3) is 0. The Hall–Kier alpha value is -3.50. The van der Waals surface area contributed by atoms with Crippen LogP contribution in [-0.2, 0) is 4.79 Å². The van der Waals surface area contributed by atoms with Crippen LogP contribution in [0.1, 0.15) is 16.7 Å². The minimum Gasteiger partial charge on any atom is -0.438 e. The summed E-state index contributed by atoms with van der Waals surface area (Å²) in [6.45, 7) is 0. The molecule has 2 aliphatic rings. The maximum atomic E-state index is 13.0. The van der Waals surface area contributed by atoms with Crippen LogP contribution in [-0.4, -0.2) is 17.5 Å². The van der Waals surface area contributed by atoms with Crippen molar-refractivity contribution in [1.82, 2.24) is 0 Å². The second-order valence-electron chi connectivity index (χ2n) is 6.41. The molecule has 0 aromatic heterocycles. The van der Waals surface area contributed by atoms with Gasteiger partial charge >= 0.3 is 0 Å². The fourth-order valence-electron chi connectivity index (χ4n) is 3.25. The van der Waals surface area contributed by atoms with Crippen molar-refractivity contribution in [3.63, 3.8) is 0 Å². The van der Waals surface area contributed by atoms with Crippen LogP contribution in [0, 0.1) is 0 Å². The fourth-order valence-corrected chi connectivity index (χ4v) is 3.42. The molecular formula is C23H13ClN2O2. The largest absolute Gasteiger partial charge is 0.438 e. The van der Waals surface area contributed by atoms with Crippen molar-refractivity contribution in [3.05, 3.63) is 100 Å². The van der Waals surface area contributed by atoms with Gasteiger partial charge in [0.2, 0.25) is 5.90 Å². The van der Waals surface area contributed by atoms with E-state index in [0.29, 0.717) is 33.3 Å². The highest BCUT2D eigenvalue weighted by atomic mass is 35.5. The van der Waals surface area contributed by atoms with Crippen molar-refractivity contribution >= 4 is 40.9 Å². The number of ether oxygens (including phenoxy) is 1. The van der Waals surface area contributed by atoms with Crippen molar-refractivity contribution < 1.29 is 9.53 Å². The van der Waals surface area contributed by atoms with Crippen molar-refractivity contribution in [2.75, 3.05) is 0 Å². The monoisotopic (exact) mass is 384 g/mol. The predicted octanol–water partition coefficient (Wildman–Crippen LogP) is 5.22. The van der Waals surface area contributed by atoms with E-state index in [1.54, 1.807) is 24.3 Å². The van der Waals surface area contributed by atoms with Crippen LogP contribution < -0.4 is 4.74 Å². The van der Waals surface area contributed by atoms with Gasteiger partial charge in [-0.25, -0.2) is 9.98 Å². The number of halogens is 1. The summed E-state index contributed by atoms with van der Waals surface area (Å²) in [5, 5.41) is 0.543. The number of fused-ring (bicyclic) bond motifs is 3. The first-order valence-corrected chi connectivity index (χ1v) is 9.13. The third-order valence-corrected chi connectivity index (χ3v) is 4.82. The lowest BCUT2D eigenvalue weighted by Gasteiger charge is -2.20. The van der Waals surface area contributed by atoms with Crippen LogP contribution in [0.3, 0.4) is 0 Å². The number of hydrogen-bond acceptors (Lipinski definition) is 3. The molecule has 2 aliphatic heterocycles. The lowest BCUT2D eigenvalue weighted by atomic mass is 9.99. The van der Waals surface area contributed by atoms with E-state index in [1.165, 1.54) is 0 Å². The van der Waals surface area contributed by atoms with E-state index in [9.17, 15) is 4.79 Å². The Morgan fingerprint density at radius 3 is 2.50 bits per heavy atom. The van der Waals surface area contributed by atoms with Crippen LogP contribution in [0.5, 0.6) is 5.75 Å². The molecule has 2 heterocycles. The first kappa shape index (κ1) is 16.7. The number of aliphatic imine (C=N–C) groups is 2. The average Bonchev–Trinajstić information content (AvgIpc) is 2.72. The van der Waals surface area contributed by atoms with Gasteiger partial charge in [0.1, 0.15) is 11.3 Å². The molecule has 0 unspecified atom stereocenters. The highest BCUT2D eigenvalue weighted by Gasteiger charge is 2.28. The first-order chi connectivity index (χ1) is 13.7. The standard InChI is InChI=1S/C23H13ClN2O2/c24-16-10-11-19-17(13-16)21(14-6-2-1-3-7-14)26-22(27)18-12-15-8-4-5-9-20(15)28-23(18)25-19/h1-13H. The van der Waals surface area contributed by atoms with E-state index in [-0.39, 0.29) is 5.90 Å². The Labute approximate surface area is 166 Å². The number of carbonyl (C=O) groups is 1. The molecular weight excluding hydrogens is 372 g/mol. The average molecular weight is 385 g/mol. The second-order valence-corrected chi connectivity index (χ2v) is 6.84. The van der Waals surface area contributed by atoms with E-state index in [1.807, 2.05) is 54.6 Å². The zero-order valence-corrected chi connectivity index (χ0v) is 15.4. The van der Waals surface area contributed by atoms with Crippen LogP contribution in [0.2, 0.25) is 5.02 Å². The highest BCUT2D eigenvalue weighted by Crippen LogP contribution is 2.33. The molecule has 0 spiro atoms. The lowest BCUT2D eigenvalue weighted by molar-refractivity contribution is -0.113. The zero-order valence-electron chi connectivity index (χ0n) is 14.6. The predicted molar refractivity (Wildman–Crippen MR) is 111 cm³/mol. The number of nitrogens with zero attached hydrogens (tertiary/aromatic N) is 2. The molecule has 28 heavy (non-hydrogen) atoms. The van der Waals surface area contributed by atoms with E-state index < -0.39 is 5.91 Å². The van der Waals surface area contributed by atoms with Gasteiger partial charge in [0.05, 0.1) is 11.4 Å². The normalized spacial score (nSPS) is 14.9. The van der Waals surface area contributed by atoms with Crippen molar-refractivity contribution in [1.29, 1.82) is 0 Å². The smallest absolute Gasteiger partial charge is 0.283 e. The van der Waals surface area contributed by atoms with Crippen molar-refractivity contribution in [2.24, 2.45) is 9.98 Å². The van der Waals surface area contributed by atoms with Crippen LogP contribution in [0.4, 0.5) is 5.69 Å². The lowest BCUT2D eigenvalue weighted by Crippen LogP contribution is -2.23. The molecule has 134 valence electrons. The molecule has 3 aromatic carbocycles. The molecule has 0 saturated carbocycles. The first-order valence-electron chi connectivity index (χ1n) is 8.75. The molecule has 0 bridgehead atoms. The van der Waals surface area contributed by atoms with Crippen molar-refractivity contribution in [3.8, 4) is 5.75 Å². The molecule has 0 atom stereocenters. The van der Waals surface area contributed by atoms with Crippen molar-refractivity contribution in [2.45, 2.75) is 0 Å². The number of hydrogen-bond donors (Lipinski definition) is 0. The summed E-state index contributed by atoms with van der Waals surface area (Å²) < 4.78 is 5.93. The van der Waals surface area contributed by atoms with Gasteiger partial charge in [-0.2, -0.15) is 0 Å². The number of carbonyl (C=O) groups excluding carboxylic acids is 1. The molecule has 4 nitrogen and oxygen atoms in total. The Bertz CT molecular complexity index is 1210.